The molecule has 0 saturated carbocycles. The van der Waals surface area contributed by atoms with Gasteiger partial charge in [0.15, 0.2) is 17.5 Å². The predicted octanol–water partition coefficient (Wildman–Crippen LogP) is 2.56. The maximum absolute atomic E-state index is 12.9. The van der Waals surface area contributed by atoms with Gasteiger partial charge in [-0.1, -0.05) is 6.07 Å². The van der Waals surface area contributed by atoms with Crippen LogP contribution in [0.3, 0.4) is 0 Å². The van der Waals surface area contributed by atoms with E-state index in [0.29, 0.717) is 0 Å². The van der Waals surface area contributed by atoms with Gasteiger partial charge in [-0.3, -0.25) is 0 Å². The van der Waals surface area contributed by atoms with Crippen molar-refractivity contribution in [3.05, 3.63) is 35.1 Å². The van der Waals surface area contributed by atoms with Crippen molar-refractivity contribution in [2.45, 2.75) is 12.8 Å². The van der Waals surface area contributed by atoms with Crippen molar-refractivity contribution in [2.75, 3.05) is 0 Å². The van der Waals surface area contributed by atoms with Gasteiger partial charge in [-0.15, -0.1) is 0 Å². The number of rotatable bonds is 2. The first-order valence-electron chi connectivity index (χ1n) is 3.66. The molecule has 0 aliphatic heterocycles. The van der Waals surface area contributed by atoms with Gasteiger partial charge in [-0.2, -0.15) is 5.26 Å². The number of hydrogen-bond acceptors (Lipinski definition) is 1. The molecule has 0 aromatic heterocycles. The van der Waals surface area contributed by atoms with E-state index in [2.05, 4.69) is 0 Å². The summed E-state index contributed by atoms with van der Waals surface area (Å²) < 4.78 is 37.8. The fraction of sp³-hybridized carbons (Fsp3) is 0.222. The van der Waals surface area contributed by atoms with Crippen LogP contribution in [0, 0.1) is 28.8 Å². The number of hydrogen-bond donors (Lipinski definition) is 0. The lowest BCUT2D eigenvalue weighted by molar-refractivity contribution is 0.441. The van der Waals surface area contributed by atoms with E-state index >= 15 is 0 Å². The zero-order chi connectivity index (χ0) is 9.84. The lowest BCUT2D eigenvalue weighted by Gasteiger charge is -2.01. The van der Waals surface area contributed by atoms with E-state index in [1.54, 1.807) is 6.07 Å². The Labute approximate surface area is 73.4 Å². The Morgan fingerprint density at radius 2 is 1.85 bits per heavy atom. The van der Waals surface area contributed by atoms with Crippen LogP contribution in [-0.4, -0.2) is 0 Å². The highest BCUT2D eigenvalue weighted by atomic mass is 19.2. The van der Waals surface area contributed by atoms with Gasteiger partial charge in [-0.05, 0) is 18.1 Å². The normalized spacial score (nSPS) is 9.69. The lowest BCUT2D eigenvalue weighted by Crippen LogP contribution is -1.97. The van der Waals surface area contributed by atoms with Crippen LogP contribution >= 0.6 is 0 Å². The third-order valence-corrected chi connectivity index (χ3v) is 1.62. The van der Waals surface area contributed by atoms with Gasteiger partial charge in [0.2, 0.25) is 0 Å². The number of halogens is 3. The van der Waals surface area contributed by atoms with Crippen LogP contribution in [-0.2, 0) is 6.42 Å². The average molecular weight is 185 g/mol. The highest BCUT2D eigenvalue weighted by Gasteiger charge is 2.12. The van der Waals surface area contributed by atoms with Crippen LogP contribution in [0.4, 0.5) is 13.2 Å². The Bertz CT molecular complexity index is 355. The van der Waals surface area contributed by atoms with E-state index in [9.17, 15) is 13.2 Å². The largest absolute Gasteiger partial charge is 0.204 e. The average Bonchev–Trinajstić information content (AvgIpc) is 2.13. The second-order valence-electron chi connectivity index (χ2n) is 2.49. The summed E-state index contributed by atoms with van der Waals surface area (Å²) in [5.41, 5.74) is 0.0282. The zero-order valence-corrected chi connectivity index (χ0v) is 6.65. The van der Waals surface area contributed by atoms with Crippen LogP contribution in [0.2, 0.25) is 0 Å². The molecule has 1 rings (SSSR count). The van der Waals surface area contributed by atoms with E-state index in [-0.39, 0.29) is 18.4 Å². The standard InChI is InChI=1S/C9H6F3N/c10-7-4-3-6(2-1-5-13)8(11)9(7)12/h3-4H,1-2H2. The van der Waals surface area contributed by atoms with E-state index < -0.39 is 17.5 Å². The molecule has 13 heavy (non-hydrogen) atoms. The summed E-state index contributed by atoms with van der Waals surface area (Å²) in [5.74, 6) is -3.89. The van der Waals surface area contributed by atoms with Gasteiger partial charge >= 0.3 is 0 Å². The van der Waals surface area contributed by atoms with Crippen LogP contribution < -0.4 is 0 Å². The molecule has 0 spiro atoms. The SMILES string of the molecule is N#CCCc1ccc(F)c(F)c1F. The van der Waals surface area contributed by atoms with Crippen LogP contribution in [0.15, 0.2) is 12.1 Å². The van der Waals surface area contributed by atoms with Crippen molar-refractivity contribution in [3.63, 3.8) is 0 Å². The molecule has 0 aliphatic rings. The molecule has 0 amide bonds. The Hall–Kier alpha value is -1.50. The van der Waals surface area contributed by atoms with E-state index in [0.717, 1.165) is 12.1 Å². The molecule has 0 radical (unpaired) electrons. The molecular weight excluding hydrogens is 179 g/mol. The minimum Gasteiger partial charge on any atom is -0.204 e. The molecule has 4 heteroatoms. The van der Waals surface area contributed by atoms with E-state index in [4.69, 9.17) is 5.26 Å². The van der Waals surface area contributed by atoms with E-state index in [1.165, 1.54) is 0 Å². The molecule has 0 N–H and O–H groups in total. The van der Waals surface area contributed by atoms with Crippen molar-refractivity contribution in [1.29, 1.82) is 5.26 Å². The van der Waals surface area contributed by atoms with Gasteiger partial charge in [0, 0.05) is 6.42 Å². The number of benzene rings is 1. The van der Waals surface area contributed by atoms with Crippen molar-refractivity contribution in [2.24, 2.45) is 0 Å². The summed E-state index contributed by atoms with van der Waals surface area (Å²) in [6, 6.07) is 3.79. The summed E-state index contributed by atoms with van der Waals surface area (Å²) >= 11 is 0. The smallest absolute Gasteiger partial charge is 0.194 e. The first-order valence-corrected chi connectivity index (χ1v) is 3.66. The van der Waals surface area contributed by atoms with Crippen molar-refractivity contribution in [3.8, 4) is 6.07 Å². The van der Waals surface area contributed by atoms with Crippen molar-refractivity contribution in [1.82, 2.24) is 0 Å². The maximum atomic E-state index is 12.9. The summed E-state index contributed by atoms with van der Waals surface area (Å²) in [6.45, 7) is 0. The van der Waals surface area contributed by atoms with Gasteiger partial charge in [0.1, 0.15) is 0 Å². The Morgan fingerprint density at radius 3 is 2.46 bits per heavy atom. The summed E-state index contributed by atoms with van der Waals surface area (Å²) in [7, 11) is 0. The zero-order valence-electron chi connectivity index (χ0n) is 6.65. The maximum Gasteiger partial charge on any atom is 0.194 e. The Balaban J connectivity index is 2.98. The second-order valence-corrected chi connectivity index (χ2v) is 2.49. The highest BCUT2D eigenvalue weighted by Crippen LogP contribution is 2.16. The van der Waals surface area contributed by atoms with Crippen LogP contribution in [0.25, 0.3) is 0 Å². The third kappa shape index (κ3) is 2.00. The monoisotopic (exact) mass is 185 g/mol. The topological polar surface area (TPSA) is 23.8 Å². The Morgan fingerprint density at radius 1 is 1.15 bits per heavy atom. The van der Waals surface area contributed by atoms with Gasteiger partial charge in [-0.25, -0.2) is 13.2 Å². The number of nitriles is 1. The van der Waals surface area contributed by atoms with Gasteiger partial charge in [0.05, 0.1) is 6.07 Å². The molecule has 0 bridgehead atoms. The minimum absolute atomic E-state index is 0.0282. The van der Waals surface area contributed by atoms with Crippen molar-refractivity contribution < 1.29 is 13.2 Å². The molecule has 0 fully saturated rings. The fourth-order valence-corrected chi connectivity index (χ4v) is 0.950. The number of aryl methyl sites for hydroxylation is 1. The first-order chi connectivity index (χ1) is 6.16. The fourth-order valence-electron chi connectivity index (χ4n) is 0.950. The molecule has 0 atom stereocenters. The molecule has 68 valence electrons. The molecule has 0 saturated heterocycles. The molecule has 0 unspecified atom stereocenters. The summed E-state index contributed by atoms with van der Waals surface area (Å²) in [6.07, 6.45) is 0.182. The molecule has 0 heterocycles. The molecule has 0 aliphatic carbocycles. The van der Waals surface area contributed by atoms with Crippen molar-refractivity contribution >= 4 is 0 Å². The number of nitrogens with zero attached hydrogens (tertiary/aromatic N) is 1. The quantitative estimate of drug-likeness (QED) is 0.649. The lowest BCUT2D eigenvalue weighted by atomic mass is 10.1. The van der Waals surface area contributed by atoms with E-state index in [1.807, 2.05) is 0 Å². The third-order valence-electron chi connectivity index (χ3n) is 1.62. The molecule has 1 aromatic rings. The van der Waals surface area contributed by atoms with Gasteiger partial charge < -0.3 is 0 Å². The summed E-state index contributed by atoms with van der Waals surface area (Å²) in [5, 5.41) is 8.20. The molecule has 1 aromatic carbocycles. The van der Waals surface area contributed by atoms with Crippen LogP contribution in [0.5, 0.6) is 0 Å². The first kappa shape index (κ1) is 9.59. The van der Waals surface area contributed by atoms with Crippen LogP contribution in [0.1, 0.15) is 12.0 Å². The Kier molecular flexibility index (Phi) is 2.91. The minimum atomic E-state index is -1.48. The predicted molar refractivity (Wildman–Crippen MR) is 40.3 cm³/mol. The van der Waals surface area contributed by atoms with Gasteiger partial charge in [0.25, 0.3) is 0 Å². The molecule has 1 nitrogen and oxygen atoms in total. The molecular formula is C9H6F3N. The highest BCUT2D eigenvalue weighted by molar-refractivity contribution is 5.20. The summed E-state index contributed by atoms with van der Waals surface area (Å²) in [4.78, 5) is 0. The second kappa shape index (κ2) is 3.94.